The zero-order chi connectivity index (χ0) is 24.6. The molecule has 2 aromatic carbocycles. The maximum Gasteiger partial charge on any atom is 0.131 e. The molecule has 35 heavy (non-hydrogen) atoms. The van der Waals surface area contributed by atoms with Gasteiger partial charge in [0.15, 0.2) is 0 Å². The molecule has 192 valence electrons. The van der Waals surface area contributed by atoms with Gasteiger partial charge in [-0.1, -0.05) is 66.2 Å². The van der Waals surface area contributed by atoms with Crippen LogP contribution in [0.3, 0.4) is 0 Å². The minimum Gasteiger partial charge on any atom is -0.493 e. The molecule has 3 heteroatoms. The number of unbranched alkanes of at least 4 members (excludes halogenated alkanes) is 4. The Balaban J connectivity index is 1.51. The summed E-state index contributed by atoms with van der Waals surface area (Å²) in [7, 11) is 0. The van der Waals surface area contributed by atoms with Crippen molar-refractivity contribution in [2.45, 2.75) is 105 Å². The monoisotopic (exact) mass is 478 g/mol. The van der Waals surface area contributed by atoms with E-state index in [4.69, 9.17) is 14.2 Å². The number of hydrogen-bond donors (Lipinski definition) is 0. The maximum absolute atomic E-state index is 6.77. The summed E-state index contributed by atoms with van der Waals surface area (Å²) in [4.78, 5) is 0. The van der Waals surface area contributed by atoms with Crippen molar-refractivity contribution in [3.8, 4) is 23.0 Å². The Labute approximate surface area is 213 Å². The van der Waals surface area contributed by atoms with Crippen LogP contribution >= 0.6 is 0 Å². The molecule has 0 saturated heterocycles. The molecule has 0 aromatic heterocycles. The van der Waals surface area contributed by atoms with Crippen LogP contribution in [0.15, 0.2) is 24.3 Å². The lowest BCUT2D eigenvalue weighted by molar-refractivity contribution is 0.356. The molecule has 0 radical (unpaired) electrons. The summed E-state index contributed by atoms with van der Waals surface area (Å²) in [6.45, 7) is 10.8. The molecule has 0 bridgehead atoms. The first-order chi connectivity index (χ1) is 17.0. The zero-order valence-electron chi connectivity index (χ0n) is 22.6. The van der Waals surface area contributed by atoms with E-state index >= 15 is 0 Å². The van der Waals surface area contributed by atoms with Crippen molar-refractivity contribution in [2.24, 2.45) is 11.8 Å². The van der Waals surface area contributed by atoms with Gasteiger partial charge in [0.05, 0.1) is 13.2 Å². The Kier molecular flexibility index (Phi) is 9.40. The fourth-order valence-electron chi connectivity index (χ4n) is 5.56. The first-order valence-electron chi connectivity index (χ1n) is 14.3. The first-order valence-corrected chi connectivity index (χ1v) is 14.3. The fourth-order valence-corrected chi connectivity index (χ4v) is 5.56. The van der Waals surface area contributed by atoms with Gasteiger partial charge in [-0.15, -0.1) is 0 Å². The van der Waals surface area contributed by atoms with Gasteiger partial charge in [0.1, 0.15) is 23.0 Å². The molecule has 2 heterocycles. The lowest BCUT2D eigenvalue weighted by Crippen LogP contribution is -2.01. The van der Waals surface area contributed by atoms with Gasteiger partial charge < -0.3 is 14.2 Å². The maximum atomic E-state index is 6.77. The predicted molar refractivity (Wildman–Crippen MR) is 145 cm³/mol. The molecule has 2 aliphatic heterocycles. The van der Waals surface area contributed by atoms with Crippen LogP contribution in [0.5, 0.6) is 23.0 Å². The SMILES string of the molecule is CC(C)CCCCCc1c(Oc2ccc3c(c2CCCCCC(C)C)CCO3)ccc2c1CCO2. The van der Waals surface area contributed by atoms with Crippen LogP contribution in [0.4, 0.5) is 0 Å². The van der Waals surface area contributed by atoms with E-state index in [-0.39, 0.29) is 0 Å². The van der Waals surface area contributed by atoms with Crippen molar-refractivity contribution >= 4 is 0 Å². The molecule has 2 aromatic rings. The molecule has 0 fully saturated rings. The summed E-state index contributed by atoms with van der Waals surface area (Å²) in [5.41, 5.74) is 5.46. The van der Waals surface area contributed by atoms with Crippen molar-refractivity contribution in [3.05, 3.63) is 46.5 Å². The van der Waals surface area contributed by atoms with Crippen LogP contribution in [-0.2, 0) is 25.7 Å². The molecular formula is C32H46O3. The third kappa shape index (κ3) is 6.96. The Bertz CT molecular complexity index is 882. The van der Waals surface area contributed by atoms with Crippen LogP contribution in [0.1, 0.15) is 101 Å². The van der Waals surface area contributed by atoms with Crippen LogP contribution < -0.4 is 14.2 Å². The Hall–Kier alpha value is -2.16. The van der Waals surface area contributed by atoms with Crippen molar-refractivity contribution in [1.82, 2.24) is 0 Å². The molecule has 3 nitrogen and oxygen atoms in total. The quantitative estimate of drug-likeness (QED) is 0.254. The van der Waals surface area contributed by atoms with Crippen LogP contribution in [0, 0.1) is 11.8 Å². The predicted octanol–water partition coefficient (Wildman–Crippen LogP) is 8.87. The Morgan fingerprint density at radius 3 is 1.51 bits per heavy atom. The van der Waals surface area contributed by atoms with E-state index in [0.29, 0.717) is 0 Å². The molecule has 0 unspecified atom stereocenters. The topological polar surface area (TPSA) is 27.7 Å². The van der Waals surface area contributed by atoms with Crippen LogP contribution in [0.2, 0.25) is 0 Å². The number of rotatable bonds is 14. The molecule has 0 saturated carbocycles. The number of fused-ring (bicyclic) bond motifs is 2. The first kappa shape index (κ1) is 25.9. The van der Waals surface area contributed by atoms with Crippen LogP contribution in [0.25, 0.3) is 0 Å². The highest BCUT2D eigenvalue weighted by Gasteiger charge is 2.23. The van der Waals surface area contributed by atoms with E-state index in [9.17, 15) is 0 Å². The highest BCUT2D eigenvalue weighted by Crippen LogP contribution is 2.41. The van der Waals surface area contributed by atoms with Gasteiger partial charge in [-0.3, -0.25) is 0 Å². The largest absolute Gasteiger partial charge is 0.493 e. The highest BCUT2D eigenvalue weighted by atomic mass is 16.5. The smallest absolute Gasteiger partial charge is 0.131 e. The van der Waals surface area contributed by atoms with E-state index in [1.54, 1.807) is 0 Å². The van der Waals surface area contributed by atoms with Crippen LogP contribution in [-0.4, -0.2) is 13.2 Å². The molecule has 0 aliphatic carbocycles. The number of ether oxygens (including phenoxy) is 3. The fraction of sp³-hybridized carbons (Fsp3) is 0.625. The second-order valence-electron chi connectivity index (χ2n) is 11.3. The minimum absolute atomic E-state index is 0.788. The van der Waals surface area contributed by atoms with E-state index in [1.165, 1.54) is 73.6 Å². The third-order valence-corrected chi connectivity index (χ3v) is 7.55. The zero-order valence-corrected chi connectivity index (χ0v) is 22.6. The number of hydrogen-bond acceptors (Lipinski definition) is 3. The van der Waals surface area contributed by atoms with Crippen molar-refractivity contribution in [2.75, 3.05) is 13.2 Å². The normalized spacial score (nSPS) is 14.2. The van der Waals surface area contributed by atoms with E-state index < -0.39 is 0 Å². The van der Waals surface area contributed by atoms with Crippen molar-refractivity contribution in [1.29, 1.82) is 0 Å². The summed E-state index contributed by atoms with van der Waals surface area (Å²) < 4.78 is 18.6. The second-order valence-corrected chi connectivity index (χ2v) is 11.3. The molecule has 0 N–H and O–H groups in total. The van der Waals surface area contributed by atoms with Gasteiger partial charge in [0.2, 0.25) is 0 Å². The molecule has 0 amide bonds. The molecule has 2 aliphatic rings. The van der Waals surface area contributed by atoms with Crippen molar-refractivity contribution < 1.29 is 14.2 Å². The molecule has 0 spiro atoms. The highest BCUT2D eigenvalue weighted by molar-refractivity contribution is 5.55. The van der Waals surface area contributed by atoms with Gasteiger partial charge in [0.25, 0.3) is 0 Å². The molecular weight excluding hydrogens is 432 g/mol. The third-order valence-electron chi connectivity index (χ3n) is 7.55. The van der Waals surface area contributed by atoms with E-state index in [2.05, 4.69) is 52.0 Å². The van der Waals surface area contributed by atoms with Gasteiger partial charge in [-0.25, -0.2) is 0 Å². The average molecular weight is 479 g/mol. The summed E-state index contributed by atoms with van der Waals surface area (Å²) in [5.74, 6) is 5.74. The number of benzene rings is 2. The second kappa shape index (κ2) is 12.7. The summed E-state index contributed by atoms with van der Waals surface area (Å²) in [5, 5.41) is 0. The Morgan fingerprint density at radius 2 is 1.09 bits per heavy atom. The van der Waals surface area contributed by atoms with Crippen molar-refractivity contribution in [3.63, 3.8) is 0 Å². The summed E-state index contributed by atoms with van der Waals surface area (Å²) >= 11 is 0. The molecule has 0 atom stereocenters. The van der Waals surface area contributed by atoms with Gasteiger partial charge in [0, 0.05) is 35.1 Å². The van der Waals surface area contributed by atoms with Gasteiger partial charge >= 0.3 is 0 Å². The van der Waals surface area contributed by atoms with Gasteiger partial charge in [-0.2, -0.15) is 0 Å². The van der Waals surface area contributed by atoms with E-state index in [0.717, 1.165) is 73.7 Å². The van der Waals surface area contributed by atoms with E-state index in [1.807, 2.05) is 0 Å². The summed E-state index contributed by atoms with van der Waals surface area (Å²) in [6, 6.07) is 8.51. The standard InChI is InChI=1S/C32H46O3/c1-23(2)11-7-5-9-13-25-27-19-21-33-29(27)15-17-31(25)35-32-18-16-30-28(20-22-34-30)26(32)14-10-6-8-12-24(3)4/h15-18,23-24H,5-14,19-22H2,1-4H3. The molecule has 4 rings (SSSR count). The lowest BCUT2D eigenvalue weighted by atomic mass is 9.96. The Morgan fingerprint density at radius 1 is 0.629 bits per heavy atom. The lowest BCUT2D eigenvalue weighted by Gasteiger charge is -2.18. The van der Waals surface area contributed by atoms with Gasteiger partial charge in [-0.05, 0) is 61.8 Å². The average Bonchev–Trinajstić information content (AvgIpc) is 3.49. The summed E-state index contributed by atoms with van der Waals surface area (Å²) in [6.07, 6.45) is 14.4. The minimum atomic E-state index is 0.788.